The standard InChI is InChI=1S/C25H47NO2/c1-2-3-4-5-6-7-8-9-10-11-12-13-14-15-16-19-22-28-24-25(27)23-26-20-17-18-21-26/h6-7,9-10,25,27H,2-5,8,11-24H2,1H3/b7-6-,10-9-. The molecule has 0 bridgehead atoms. The van der Waals surface area contributed by atoms with E-state index in [1.54, 1.807) is 0 Å². The van der Waals surface area contributed by atoms with Crippen molar-refractivity contribution < 1.29 is 9.84 Å². The van der Waals surface area contributed by atoms with Crippen LogP contribution in [0.1, 0.15) is 96.8 Å². The second-order valence-electron chi connectivity index (χ2n) is 8.32. The molecule has 0 aliphatic carbocycles. The Labute approximate surface area is 175 Å². The molecule has 1 aliphatic rings. The lowest BCUT2D eigenvalue weighted by Gasteiger charge is -2.19. The Morgan fingerprint density at radius 3 is 2.11 bits per heavy atom. The first-order valence-electron chi connectivity index (χ1n) is 12.1. The summed E-state index contributed by atoms with van der Waals surface area (Å²) in [5.74, 6) is 0. The van der Waals surface area contributed by atoms with Crippen LogP contribution in [0.5, 0.6) is 0 Å². The zero-order valence-corrected chi connectivity index (χ0v) is 18.6. The van der Waals surface area contributed by atoms with Crippen LogP contribution in [0.25, 0.3) is 0 Å². The van der Waals surface area contributed by atoms with E-state index >= 15 is 0 Å². The van der Waals surface area contributed by atoms with Crippen molar-refractivity contribution in [1.82, 2.24) is 4.90 Å². The summed E-state index contributed by atoms with van der Waals surface area (Å²) in [5.41, 5.74) is 0. The van der Waals surface area contributed by atoms with E-state index in [4.69, 9.17) is 4.74 Å². The van der Waals surface area contributed by atoms with Gasteiger partial charge in [-0.2, -0.15) is 0 Å². The van der Waals surface area contributed by atoms with Crippen molar-refractivity contribution in [2.45, 2.75) is 103 Å². The van der Waals surface area contributed by atoms with Crippen LogP contribution in [0, 0.1) is 0 Å². The maximum Gasteiger partial charge on any atom is 0.0900 e. The molecule has 0 amide bonds. The Bertz CT molecular complexity index is 375. The van der Waals surface area contributed by atoms with E-state index in [0.717, 1.165) is 39.1 Å². The zero-order chi connectivity index (χ0) is 20.1. The van der Waals surface area contributed by atoms with Gasteiger partial charge in [-0.15, -0.1) is 0 Å². The third-order valence-electron chi connectivity index (χ3n) is 5.47. The molecule has 3 nitrogen and oxygen atoms in total. The maximum absolute atomic E-state index is 9.97. The molecule has 0 aromatic carbocycles. The summed E-state index contributed by atoms with van der Waals surface area (Å²) in [7, 11) is 0. The van der Waals surface area contributed by atoms with Gasteiger partial charge in [0.05, 0.1) is 12.7 Å². The van der Waals surface area contributed by atoms with Gasteiger partial charge in [-0.05, 0) is 64.5 Å². The molecule has 0 aromatic heterocycles. The molecule has 164 valence electrons. The van der Waals surface area contributed by atoms with Gasteiger partial charge in [0.25, 0.3) is 0 Å². The number of aliphatic hydroxyl groups excluding tert-OH is 1. The minimum atomic E-state index is -0.317. The molecular weight excluding hydrogens is 346 g/mol. The van der Waals surface area contributed by atoms with E-state index in [0.29, 0.717) is 6.61 Å². The molecule has 1 heterocycles. The van der Waals surface area contributed by atoms with Gasteiger partial charge in [0.2, 0.25) is 0 Å². The van der Waals surface area contributed by atoms with E-state index in [1.807, 2.05) is 0 Å². The van der Waals surface area contributed by atoms with Crippen molar-refractivity contribution >= 4 is 0 Å². The normalized spacial score (nSPS) is 16.6. The monoisotopic (exact) mass is 393 g/mol. The Kier molecular flexibility index (Phi) is 17.8. The lowest BCUT2D eigenvalue weighted by atomic mass is 10.1. The first-order chi connectivity index (χ1) is 13.8. The molecule has 1 saturated heterocycles. The number of hydrogen-bond acceptors (Lipinski definition) is 3. The molecule has 1 rings (SSSR count). The van der Waals surface area contributed by atoms with Crippen LogP contribution in [0.4, 0.5) is 0 Å². The lowest BCUT2D eigenvalue weighted by Crippen LogP contribution is -2.32. The second kappa shape index (κ2) is 19.7. The number of β-amino-alcohol motifs (C(OH)–C–C–N with tert-alkyl or cyclic N) is 1. The summed E-state index contributed by atoms with van der Waals surface area (Å²) in [6, 6.07) is 0. The van der Waals surface area contributed by atoms with Gasteiger partial charge in [-0.25, -0.2) is 0 Å². The van der Waals surface area contributed by atoms with E-state index in [-0.39, 0.29) is 6.10 Å². The molecular formula is C25H47NO2. The van der Waals surface area contributed by atoms with E-state index in [1.165, 1.54) is 77.0 Å². The molecule has 0 saturated carbocycles. The van der Waals surface area contributed by atoms with Gasteiger partial charge in [0.1, 0.15) is 0 Å². The topological polar surface area (TPSA) is 32.7 Å². The van der Waals surface area contributed by atoms with Gasteiger partial charge >= 0.3 is 0 Å². The molecule has 1 N–H and O–H groups in total. The van der Waals surface area contributed by atoms with Crippen molar-refractivity contribution in [2.24, 2.45) is 0 Å². The molecule has 3 heteroatoms. The fourth-order valence-corrected chi connectivity index (χ4v) is 3.73. The number of unbranched alkanes of at least 4 members (excludes halogenated alkanes) is 9. The highest BCUT2D eigenvalue weighted by Gasteiger charge is 2.15. The summed E-state index contributed by atoms with van der Waals surface area (Å²) in [6.07, 6.45) is 26.8. The average Bonchev–Trinajstić information content (AvgIpc) is 3.20. The first-order valence-corrected chi connectivity index (χ1v) is 12.1. The Balaban J connectivity index is 1.75. The van der Waals surface area contributed by atoms with Crippen LogP contribution >= 0.6 is 0 Å². The third kappa shape index (κ3) is 16.3. The van der Waals surface area contributed by atoms with Crippen molar-refractivity contribution in [3.63, 3.8) is 0 Å². The predicted octanol–water partition coefficient (Wildman–Crippen LogP) is 6.27. The van der Waals surface area contributed by atoms with Crippen molar-refractivity contribution in [3.05, 3.63) is 24.3 Å². The van der Waals surface area contributed by atoms with E-state index in [9.17, 15) is 5.11 Å². The number of ether oxygens (including phenoxy) is 1. The number of aliphatic hydroxyl groups is 1. The number of allylic oxidation sites excluding steroid dienone is 4. The number of likely N-dealkylation sites (tertiary alicyclic amines) is 1. The molecule has 0 aromatic rings. The van der Waals surface area contributed by atoms with E-state index in [2.05, 4.69) is 36.1 Å². The number of hydrogen-bond donors (Lipinski definition) is 1. The van der Waals surface area contributed by atoms with E-state index < -0.39 is 0 Å². The lowest BCUT2D eigenvalue weighted by molar-refractivity contribution is 0.0192. The first kappa shape index (κ1) is 25.4. The highest BCUT2D eigenvalue weighted by Crippen LogP contribution is 2.09. The highest BCUT2D eigenvalue weighted by atomic mass is 16.5. The van der Waals surface area contributed by atoms with Crippen molar-refractivity contribution in [2.75, 3.05) is 32.8 Å². The van der Waals surface area contributed by atoms with Crippen LogP contribution < -0.4 is 0 Å². The minimum absolute atomic E-state index is 0.317. The van der Waals surface area contributed by atoms with Crippen LogP contribution in [0.15, 0.2) is 24.3 Å². The smallest absolute Gasteiger partial charge is 0.0900 e. The van der Waals surface area contributed by atoms with Crippen LogP contribution in [0.2, 0.25) is 0 Å². The van der Waals surface area contributed by atoms with Crippen LogP contribution in [0.3, 0.4) is 0 Å². The molecule has 28 heavy (non-hydrogen) atoms. The molecule has 1 fully saturated rings. The second-order valence-corrected chi connectivity index (χ2v) is 8.32. The average molecular weight is 394 g/mol. The Morgan fingerprint density at radius 1 is 0.821 bits per heavy atom. The third-order valence-corrected chi connectivity index (χ3v) is 5.47. The predicted molar refractivity (Wildman–Crippen MR) is 122 cm³/mol. The Morgan fingerprint density at radius 2 is 1.43 bits per heavy atom. The minimum Gasteiger partial charge on any atom is -0.389 e. The molecule has 0 radical (unpaired) electrons. The quantitative estimate of drug-likeness (QED) is 0.207. The Hall–Kier alpha value is -0.640. The van der Waals surface area contributed by atoms with Crippen molar-refractivity contribution in [1.29, 1.82) is 0 Å². The van der Waals surface area contributed by atoms with Gasteiger partial charge in [0.15, 0.2) is 0 Å². The van der Waals surface area contributed by atoms with Gasteiger partial charge in [-0.1, -0.05) is 69.8 Å². The molecule has 1 atom stereocenters. The summed E-state index contributed by atoms with van der Waals surface area (Å²) in [4.78, 5) is 2.34. The number of rotatable bonds is 19. The molecule has 0 spiro atoms. The van der Waals surface area contributed by atoms with Crippen LogP contribution in [-0.4, -0.2) is 49.0 Å². The van der Waals surface area contributed by atoms with Crippen molar-refractivity contribution in [3.8, 4) is 0 Å². The zero-order valence-electron chi connectivity index (χ0n) is 18.6. The van der Waals surface area contributed by atoms with Gasteiger partial charge < -0.3 is 14.7 Å². The van der Waals surface area contributed by atoms with Gasteiger partial charge in [-0.3, -0.25) is 0 Å². The number of nitrogens with zero attached hydrogens (tertiary/aromatic N) is 1. The summed E-state index contributed by atoms with van der Waals surface area (Å²) in [5, 5.41) is 9.97. The largest absolute Gasteiger partial charge is 0.389 e. The molecule has 1 unspecified atom stereocenters. The summed E-state index contributed by atoms with van der Waals surface area (Å²) < 4.78 is 5.63. The van der Waals surface area contributed by atoms with Crippen LogP contribution in [-0.2, 0) is 4.74 Å². The fourth-order valence-electron chi connectivity index (χ4n) is 3.73. The fraction of sp³-hybridized carbons (Fsp3) is 0.840. The summed E-state index contributed by atoms with van der Waals surface area (Å²) >= 11 is 0. The highest BCUT2D eigenvalue weighted by molar-refractivity contribution is 4.92. The summed E-state index contributed by atoms with van der Waals surface area (Å²) in [6.45, 7) is 6.61. The maximum atomic E-state index is 9.97. The molecule has 1 aliphatic heterocycles. The SMILES string of the molecule is CCCCC/C=C\C/C=C\CCCCCCCCOCC(O)CN1CCCC1. The van der Waals surface area contributed by atoms with Gasteiger partial charge in [0, 0.05) is 13.2 Å².